The Morgan fingerprint density at radius 1 is 1.12 bits per heavy atom. The molecule has 168 valence electrons. The van der Waals surface area contributed by atoms with Crippen molar-refractivity contribution in [3.05, 3.63) is 65.5 Å². The maximum Gasteiger partial charge on any atom is 0.573 e. The van der Waals surface area contributed by atoms with Crippen LogP contribution in [-0.4, -0.2) is 38.4 Å². The minimum absolute atomic E-state index is 0.270. The highest BCUT2D eigenvalue weighted by molar-refractivity contribution is 7.17. The number of hydrogen-bond acceptors (Lipinski definition) is 5. The summed E-state index contributed by atoms with van der Waals surface area (Å²) in [5.74, 6) is -0.568. The fourth-order valence-electron chi connectivity index (χ4n) is 3.64. The molecule has 1 aromatic heterocycles. The van der Waals surface area contributed by atoms with E-state index in [0.29, 0.717) is 27.0 Å². The van der Waals surface area contributed by atoms with Crippen molar-refractivity contribution in [2.24, 2.45) is 0 Å². The van der Waals surface area contributed by atoms with Crippen molar-refractivity contribution < 1.29 is 22.7 Å². The molecule has 2 aromatic carbocycles. The second kappa shape index (κ2) is 9.22. The Hall–Kier alpha value is -3.04. The molecular weight excluding hydrogens is 439 g/mol. The molecule has 0 aliphatic carbocycles. The zero-order valence-electron chi connectivity index (χ0n) is 17.3. The van der Waals surface area contributed by atoms with Crippen LogP contribution in [0.15, 0.2) is 60.7 Å². The maximum absolute atomic E-state index is 12.6. The fourth-order valence-corrected chi connectivity index (χ4v) is 4.54. The third-order valence-corrected chi connectivity index (χ3v) is 6.40. The number of nitrogens with one attached hydrogen (secondary N) is 2. The highest BCUT2D eigenvalue weighted by atomic mass is 32.1. The molecule has 1 saturated heterocycles. The van der Waals surface area contributed by atoms with Gasteiger partial charge in [0.1, 0.15) is 5.75 Å². The Morgan fingerprint density at radius 2 is 1.91 bits per heavy atom. The van der Waals surface area contributed by atoms with Crippen LogP contribution in [0.4, 0.5) is 24.5 Å². The molecule has 0 bridgehead atoms. The minimum Gasteiger partial charge on any atom is -0.406 e. The summed E-state index contributed by atoms with van der Waals surface area (Å²) in [6, 6.07) is 17.3. The third kappa shape index (κ3) is 5.41. The lowest BCUT2D eigenvalue weighted by Gasteiger charge is -2.19. The van der Waals surface area contributed by atoms with Crippen LogP contribution in [-0.2, 0) is 0 Å². The van der Waals surface area contributed by atoms with Crippen LogP contribution in [0, 0.1) is 0 Å². The summed E-state index contributed by atoms with van der Waals surface area (Å²) in [7, 11) is 1.97. The van der Waals surface area contributed by atoms with Crippen molar-refractivity contribution in [1.29, 1.82) is 0 Å². The van der Waals surface area contributed by atoms with E-state index in [1.807, 2.05) is 31.3 Å². The lowest BCUT2D eigenvalue weighted by atomic mass is 10.2. The molecule has 1 fully saturated rings. The van der Waals surface area contributed by atoms with Gasteiger partial charge in [-0.3, -0.25) is 4.79 Å². The number of amides is 1. The first-order valence-corrected chi connectivity index (χ1v) is 10.9. The van der Waals surface area contributed by atoms with Crippen molar-refractivity contribution in [2.75, 3.05) is 30.4 Å². The van der Waals surface area contributed by atoms with Crippen LogP contribution < -0.4 is 20.3 Å². The number of nitrogens with zero attached hydrogens (tertiary/aromatic N) is 1. The summed E-state index contributed by atoms with van der Waals surface area (Å²) in [5.41, 5.74) is 2.34. The Morgan fingerprint density at radius 3 is 2.59 bits per heavy atom. The Bertz CT molecular complexity index is 1080. The number of halogens is 3. The lowest BCUT2D eigenvalue weighted by molar-refractivity contribution is -0.274. The number of carbonyl (C=O) groups excluding carboxylic acids is 1. The number of rotatable bonds is 6. The van der Waals surface area contributed by atoms with Gasteiger partial charge >= 0.3 is 6.36 Å². The zero-order chi connectivity index (χ0) is 22.7. The largest absolute Gasteiger partial charge is 0.573 e. The molecule has 5 nitrogen and oxygen atoms in total. The predicted octanol–water partition coefficient (Wildman–Crippen LogP) is 5.36. The Kier molecular flexibility index (Phi) is 6.38. The fraction of sp³-hybridized carbons (Fsp3) is 0.261. The summed E-state index contributed by atoms with van der Waals surface area (Å²) >= 11 is 1.20. The van der Waals surface area contributed by atoms with Crippen LogP contribution in [0.25, 0.3) is 10.4 Å². The maximum atomic E-state index is 12.6. The van der Waals surface area contributed by atoms with Gasteiger partial charge in [-0.05, 0) is 67.6 Å². The summed E-state index contributed by atoms with van der Waals surface area (Å²) in [5, 5.41) is 6.16. The van der Waals surface area contributed by atoms with Gasteiger partial charge in [0.25, 0.3) is 5.91 Å². The first kappa shape index (κ1) is 22.2. The summed E-state index contributed by atoms with van der Waals surface area (Å²) in [6.07, 6.45) is -3.65. The normalized spacial score (nSPS) is 16.2. The molecule has 2 heterocycles. The number of anilines is 2. The molecule has 1 atom stereocenters. The molecule has 1 unspecified atom stereocenters. The quantitative estimate of drug-likeness (QED) is 0.519. The first-order valence-electron chi connectivity index (χ1n) is 10.1. The van der Waals surface area contributed by atoms with Gasteiger partial charge in [-0.15, -0.1) is 24.5 Å². The van der Waals surface area contributed by atoms with Gasteiger partial charge in [-0.2, -0.15) is 0 Å². The van der Waals surface area contributed by atoms with Crippen LogP contribution in [0.3, 0.4) is 0 Å². The molecule has 0 spiro atoms. The van der Waals surface area contributed by atoms with Gasteiger partial charge in [-0.1, -0.05) is 12.1 Å². The van der Waals surface area contributed by atoms with E-state index in [4.69, 9.17) is 0 Å². The number of hydrogen-bond donors (Lipinski definition) is 2. The molecule has 9 heteroatoms. The summed E-state index contributed by atoms with van der Waals surface area (Å²) in [4.78, 5) is 16.1. The van der Waals surface area contributed by atoms with Crippen LogP contribution in [0.2, 0.25) is 0 Å². The van der Waals surface area contributed by atoms with Gasteiger partial charge < -0.3 is 20.3 Å². The number of carbonyl (C=O) groups is 1. The molecule has 32 heavy (non-hydrogen) atoms. The molecule has 1 aliphatic rings. The number of ether oxygens (including phenoxy) is 1. The number of alkyl halides is 3. The van der Waals surface area contributed by atoms with Crippen molar-refractivity contribution in [1.82, 2.24) is 5.32 Å². The van der Waals surface area contributed by atoms with Crippen LogP contribution in [0.5, 0.6) is 5.75 Å². The van der Waals surface area contributed by atoms with Gasteiger partial charge in [0.15, 0.2) is 0 Å². The second-order valence-corrected chi connectivity index (χ2v) is 8.54. The Labute approximate surface area is 187 Å². The van der Waals surface area contributed by atoms with E-state index < -0.39 is 6.36 Å². The van der Waals surface area contributed by atoms with Crippen molar-refractivity contribution in [3.63, 3.8) is 0 Å². The van der Waals surface area contributed by atoms with E-state index >= 15 is 0 Å². The highest BCUT2D eigenvalue weighted by Crippen LogP contribution is 2.32. The summed E-state index contributed by atoms with van der Waals surface area (Å²) < 4.78 is 41.4. The van der Waals surface area contributed by atoms with Crippen molar-refractivity contribution >= 4 is 28.6 Å². The van der Waals surface area contributed by atoms with E-state index in [1.54, 1.807) is 18.2 Å². The standard InChI is InChI=1S/C23H22F3N3O2S/c1-27-17-11-12-29(14-17)18-7-5-16(6-8-18)28-22(30)21-10-9-20(32-21)15-3-2-4-19(13-15)31-23(24,25)26/h2-10,13,17,27H,11-12,14H2,1H3,(H,28,30). The third-order valence-electron chi connectivity index (χ3n) is 5.27. The van der Waals surface area contributed by atoms with E-state index in [1.165, 1.54) is 29.5 Å². The monoisotopic (exact) mass is 461 g/mol. The molecule has 1 aliphatic heterocycles. The van der Waals surface area contributed by atoms with Crippen molar-refractivity contribution in [3.8, 4) is 16.2 Å². The number of likely N-dealkylation sites (N-methyl/N-ethyl adjacent to an activating group) is 1. The smallest absolute Gasteiger partial charge is 0.406 e. The van der Waals surface area contributed by atoms with Crippen molar-refractivity contribution in [2.45, 2.75) is 18.8 Å². The first-order chi connectivity index (χ1) is 15.3. The molecule has 1 amide bonds. The van der Waals surface area contributed by atoms with Crippen LogP contribution >= 0.6 is 11.3 Å². The zero-order valence-corrected chi connectivity index (χ0v) is 18.1. The number of benzene rings is 2. The van der Waals surface area contributed by atoms with E-state index in [9.17, 15) is 18.0 Å². The van der Waals surface area contributed by atoms with E-state index in [2.05, 4.69) is 20.3 Å². The predicted molar refractivity (Wildman–Crippen MR) is 121 cm³/mol. The van der Waals surface area contributed by atoms with Crippen LogP contribution in [0.1, 0.15) is 16.1 Å². The van der Waals surface area contributed by atoms with E-state index in [-0.39, 0.29) is 11.7 Å². The molecule has 0 saturated carbocycles. The SMILES string of the molecule is CNC1CCN(c2ccc(NC(=O)c3ccc(-c4cccc(OC(F)(F)F)c4)s3)cc2)C1. The van der Waals surface area contributed by atoms with Gasteiger partial charge in [0, 0.05) is 35.4 Å². The van der Waals surface area contributed by atoms with E-state index in [0.717, 1.165) is 25.2 Å². The average molecular weight is 462 g/mol. The van der Waals surface area contributed by atoms with Gasteiger partial charge in [-0.25, -0.2) is 0 Å². The Balaban J connectivity index is 1.41. The molecule has 4 rings (SSSR count). The average Bonchev–Trinajstić information content (AvgIpc) is 3.43. The molecular formula is C23H22F3N3O2S. The molecule has 0 radical (unpaired) electrons. The molecule has 3 aromatic rings. The topological polar surface area (TPSA) is 53.6 Å². The minimum atomic E-state index is -4.75. The lowest BCUT2D eigenvalue weighted by Crippen LogP contribution is -2.29. The van der Waals surface area contributed by atoms with Gasteiger partial charge in [0.2, 0.25) is 0 Å². The summed E-state index contributed by atoms with van der Waals surface area (Å²) in [6.45, 7) is 1.94. The molecule has 2 N–H and O–H groups in total. The number of thiophene rings is 1. The van der Waals surface area contributed by atoms with Gasteiger partial charge in [0.05, 0.1) is 4.88 Å². The second-order valence-electron chi connectivity index (χ2n) is 7.46. The highest BCUT2D eigenvalue weighted by Gasteiger charge is 2.31.